The van der Waals surface area contributed by atoms with Gasteiger partial charge in [0.2, 0.25) is 5.91 Å². The molecule has 3 rings (SSSR count). The molecule has 0 unspecified atom stereocenters. The standard InChI is InChI=1S/C17H12F3N3OS2/c18-17(19,20)12-3-6-15(22-9-12)26-10-14(24)23-13-4-1-11(2-5-13)16-21-7-8-25-16/h1-9H,10H2,(H,23,24). The molecule has 0 aliphatic heterocycles. The van der Waals surface area contributed by atoms with E-state index in [9.17, 15) is 18.0 Å². The smallest absolute Gasteiger partial charge is 0.325 e. The van der Waals surface area contributed by atoms with E-state index < -0.39 is 11.7 Å². The van der Waals surface area contributed by atoms with E-state index >= 15 is 0 Å². The second-order valence-corrected chi connectivity index (χ2v) is 7.02. The molecule has 1 N–H and O–H groups in total. The fourth-order valence-corrected chi connectivity index (χ4v) is 3.32. The molecule has 2 heterocycles. The quantitative estimate of drug-likeness (QED) is 0.621. The third-order valence-corrected chi connectivity index (χ3v) is 5.03. The average Bonchev–Trinajstić information content (AvgIpc) is 3.15. The van der Waals surface area contributed by atoms with Crippen molar-refractivity contribution >= 4 is 34.7 Å². The van der Waals surface area contributed by atoms with Gasteiger partial charge in [0.1, 0.15) is 5.01 Å². The highest BCUT2D eigenvalue weighted by molar-refractivity contribution is 7.99. The number of hydrogen-bond acceptors (Lipinski definition) is 5. The first-order chi connectivity index (χ1) is 12.4. The molecule has 0 saturated heterocycles. The molecule has 134 valence electrons. The van der Waals surface area contributed by atoms with E-state index in [1.807, 2.05) is 17.5 Å². The average molecular weight is 395 g/mol. The fraction of sp³-hybridized carbons (Fsp3) is 0.118. The summed E-state index contributed by atoms with van der Waals surface area (Å²) in [4.78, 5) is 19.9. The van der Waals surface area contributed by atoms with Crippen molar-refractivity contribution in [2.75, 3.05) is 11.1 Å². The Bertz CT molecular complexity index is 864. The lowest BCUT2D eigenvalue weighted by molar-refractivity contribution is -0.137. The van der Waals surface area contributed by atoms with Gasteiger partial charge in [-0.2, -0.15) is 13.2 Å². The second kappa shape index (κ2) is 7.88. The number of halogens is 3. The van der Waals surface area contributed by atoms with Crippen LogP contribution in [0.1, 0.15) is 5.56 Å². The predicted molar refractivity (Wildman–Crippen MR) is 96.1 cm³/mol. The van der Waals surface area contributed by atoms with Crippen molar-refractivity contribution in [3.05, 3.63) is 59.7 Å². The van der Waals surface area contributed by atoms with Crippen LogP contribution >= 0.6 is 23.1 Å². The molecule has 0 spiro atoms. The Morgan fingerprint density at radius 1 is 1.12 bits per heavy atom. The van der Waals surface area contributed by atoms with E-state index in [0.717, 1.165) is 34.6 Å². The van der Waals surface area contributed by atoms with Gasteiger partial charge in [-0.25, -0.2) is 9.97 Å². The molecule has 1 amide bonds. The first-order valence-electron chi connectivity index (χ1n) is 7.37. The Labute approximate surface area is 155 Å². The van der Waals surface area contributed by atoms with Crippen molar-refractivity contribution < 1.29 is 18.0 Å². The minimum atomic E-state index is -4.42. The minimum Gasteiger partial charge on any atom is -0.325 e. The number of amides is 1. The number of hydrogen-bond donors (Lipinski definition) is 1. The monoisotopic (exact) mass is 395 g/mol. The Morgan fingerprint density at radius 3 is 2.46 bits per heavy atom. The van der Waals surface area contributed by atoms with Gasteiger partial charge >= 0.3 is 6.18 Å². The number of aromatic nitrogens is 2. The Hall–Kier alpha value is -2.39. The van der Waals surface area contributed by atoms with Gasteiger partial charge in [0.15, 0.2) is 0 Å². The molecule has 1 aromatic carbocycles. The van der Waals surface area contributed by atoms with Gasteiger partial charge in [0, 0.05) is 29.0 Å². The lowest BCUT2D eigenvalue weighted by Gasteiger charge is -2.07. The third-order valence-electron chi connectivity index (χ3n) is 3.26. The van der Waals surface area contributed by atoms with Crippen LogP contribution < -0.4 is 5.32 Å². The first-order valence-corrected chi connectivity index (χ1v) is 9.24. The van der Waals surface area contributed by atoms with Crippen LogP contribution in [0, 0.1) is 0 Å². The van der Waals surface area contributed by atoms with E-state index in [-0.39, 0.29) is 11.7 Å². The molecule has 4 nitrogen and oxygen atoms in total. The molecule has 0 fully saturated rings. The van der Waals surface area contributed by atoms with Crippen molar-refractivity contribution in [2.45, 2.75) is 11.2 Å². The Kier molecular flexibility index (Phi) is 5.58. The van der Waals surface area contributed by atoms with Gasteiger partial charge in [-0.05, 0) is 36.4 Å². The number of benzene rings is 1. The van der Waals surface area contributed by atoms with Gasteiger partial charge in [0.05, 0.1) is 16.3 Å². The lowest BCUT2D eigenvalue weighted by atomic mass is 10.2. The van der Waals surface area contributed by atoms with E-state index in [2.05, 4.69) is 15.3 Å². The Morgan fingerprint density at radius 2 is 1.88 bits per heavy atom. The summed E-state index contributed by atoms with van der Waals surface area (Å²) in [6.07, 6.45) is -1.93. The van der Waals surface area contributed by atoms with Gasteiger partial charge in [0.25, 0.3) is 0 Å². The summed E-state index contributed by atoms with van der Waals surface area (Å²) >= 11 is 2.59. The predicted octanol–water partition coefficient (Wildman–Crippen LogP) is 4.95. The van der Waals surface area contributed by atoms with Gasteiger partial charge in [-0.1, -0.05) is 11.8 Å². The summed E-state index contributed by atoms with van der Waals surface area (Å²) in [5.41, 5.74) is 0.782. The maximum atomic E-state index is 12.5. The zero-order chi connectivity index (χ0) is 18.6. The van der Waals surface area contributed by atoms with Crippen LogP contribution in [-0.2, 0) is 11.0 Å². The number of pyridine rings is 1. The highest BCUT2D eigenvalue weighted by Crippen LogP contribution is 2.29. The molecule has 0 radical (unpaired) electrons. The number of thiazole rings is 1. The van der Waals surface area contributed by atoms with Crippen LogP contribution in [0.2, 0.25) is 0 Å². The molecule has 3 aromatic rings. The van der Waals surface area contributed by atoms with Crippen molar-refractivity contribution in [2.24, 2.45) is 0 Å². The van der Waals surface area contributed by atoms with Crippen LogP contribution in [0.25, 0.3) is 10.6 Å². The summed E-state index contributed by atoms with van der Waals surface area (Å²) in [5, 5.41) is 5.87. The van der Waals surface area contributed by atoms with Crippen molar-refractivity contribution in [3.8, 4) is 10.6 Å². The number of thioether (sulfide) groups is 1. The van der Waals surface area contributed by atoms with Gasteiger partial charge in [-0.15, -0.1) is 11.3 Å². The summed E-state index contributed by atoms with van der Waals surface area (Å²) in [6.45, 7) is 0. The lowest BCUT2D eigenvalue weighted by Crippen LogP contribution is -2.14. The molecule has 9 heteroatoms. The maximum absolute atomic E-state index is 12.5. The van der Waals surface area contributed by atoms with E-state index in [1.54, 1.807) is 18.3 Å². The summed E-state index contributed by atoms with van der Waals surface area (Å²) in [7, 11) is 0. The second-order valence-electron chi connectivity index (χ2n) is 5.13. The summed E-state index contributed by atoms with van der Waals surface area (Å²) in [6, 6.07) is 9.47. The minimum absolute atomic E-state index is 0.0482. The van der Waals surface area contributed by atoms with E-state index in [0.29, 0.717) is 10.7 Å². The number of anilines is 1. The molecule has 26 heavy (non-hydrogen) atoms. The summed E-state index contributed by atoms with van der Waals surface area (Å²) in [5.74, 6) is -0.217. The third kappa shape index (κ3) is 4.83. The summed E-state index contributed by atoms with van der Waals surface area (Å²) < 4.78 is 37.4. The number of carbonyl (C=O) groups is 1. The SMILES string of the molecule is O=C(CSc1ccc(C(F)(F)F)cn1)Nc1ccc(-c2nccs2)cc1. The van der Waals surface area contributed by atoms with Crippen LogP contribution in [0.4, 0.5) is 18.9 Å². The first kappa shape index (κ1) is 18.4. The van der Waals surface area contributed by atoms with Crippen LogP contribution in [0.15, 0.2) is 59.2 Å². The van der Waals surface area contributed by atoms with Crippen molar-refractivity contribution in [1.29, 1.82) is 0 Å². The normalized spacial score (nSPS) is 11.3. The highest BCUT2D eigenvalue weighted by atomic mass is 32.2. The number of carbonyl (C=O) groups excluding carboxylic acids is 1. The van der Waals surface area contributed by atoms with Crippen LogP contribution in [-0.4, -0.2) is 21.6 Å². The number of rotatable bonds is 5. The molecule has 0 atom stereocenters. The molecule has 0 aliphatic carbocycles. The van der Waals surface area contributed by atoms with Crippen LogP contribution in [0.5, 0.6) is 0 Å². The zero-order valence-electron chi connectivity index (χ0n) is 13.2. The number of alkyl halides is 3. The molecular weight excluding hydrogens is 383 g/mol. The van der Waals surface area contributed by atoms with Gasteiger partial charge in [-0.3, -0.25) is 4.79 Å². The van der Waals surface area contributed by atoms with Crippen molar-refractivity contribution in [3.63, 3.8) is 0 Å². The highest BCUT2D eigenvalue weighted by Gasteiger charge is 2.30. The van der Waals surface area contributed by atoms with Crippen LogP contribution in [0.3, 0.4) is 0 Å². The zero-order valence-corrected chi connectivity index (χ0v) is 14.8. The van der Waals surface area contributed by atoms with Gasteiger partial charge < -0.3 is 5.32 Å². The molecular formula is C17H12F3N3OS2. The fourth-order valence-electron chi connectivity index (χ4n) is 2.03. The molecule has 0 bridgehead atoms. The van der Waals surface area contributed by atoms with Crippen molar-refractivity contribution in [1.82, 2.24) is 9.97 Å². The molecule has 2 aromatic heterocycles. The Balaban J connectivity index is 1.52. The largest absolute Gasteiger partial charge is 0.417 e. The number of nitrogens with zero attached hydrogens (tertiary/aromatic N) is 2. The topological polar surface area (TPSA) is 54.9 Å². The number of nitrogens with one attached hydrogen (secondary N) is 1. The molecule has 0 aliphatic rings. The van der Waals surface area contributed by atoms with E-state index in [1.165, 1.54) is 17.4 Å². The van der Waals surface area contributed by atoms with E-state index in [4.69, 9.17) is 0 Å². The maximum Gasteiger partial charge on any atom is 0.417 e. The molecule has 0 saturated carbocycles.